The molecular weight excluding hydrogens is 220 g/mol. The lowest BCUT2D eigenvalue weighted by Crippen LogP contribution is -2.06. The second-order valence-corrected chi connectivity index (χ2v) is 4.91. The Labute approximate surface area is 108 Å². The minimum atomic E-state index is 0.0503. The van der Waals surface area contributed by atoms with E-state index in [0.29, 0.717) is 0 Å². The maximum absolute atomic E-state index is 11.9. The van der Waals surface area contributed by atoms with Crippen LogP contribution in [0.25, 0.3) is 11.1 Å². The molecule has 2 aromatic carbocycles. The quantitative estimate of drug-likeness (QED) is 0.719. The average molecular weight is 238 g/mol. The van der Waals surface area contributed by atoms with E-state index >= 15 is 0 Å². The molecule has 0 amide bonds. The lowest BCUT2D eigenvalue weighted by molar-refractivity contribution is 0.0939. The molecule has 0 saturated heterocycles. The van der Waals surface area contributed by atoms with Crippen LogP contribution in [0.15, 0.2) is 48.5 Å². The highest BCUT2D eigenvalue weighted by Crippen LogP contribution is 2.23. The van der Waals surface area contributed by atoms with E-state index in [9.17, 15) is 4.79 Å². The fourth-order valence-corrected chi connectivity index (χ4v) is 2.04. The highest BCUT2D eigenvalue weighted by molar-refractivity contribution is 5.97. The maximum atomic E-state index is 11.9. The van der Waals surface area contributed by atoms with Crippen LogP contribution in [0.2, 0.25) is 0 Å². The van der Waals surface area contributed by atoms with Crippen LogP contribution in [0.1, 0.15) is 29.8 Å². The molecule has 0 spiro atoms. The molecule has 92 valence electrons. The molecule has 0 bridgehead atoms. The summed E-state index contributed by atoms with van der Waals surface area (Å²) in [5, 5.41) is 0. The van der Waals surface area contributed by atoms with Crippen molar-refractivity contribution >= 4 is 5.78 Å². The van der Waals surface area contributed by atoms with Gasteiger partial charge in [-0.15, -0.1) is 0 Å². The monoisotopic (exact) mass is 238 g/mol. The number of hydrogen-bond donors (Lipinski definition) is 0. The highest BCUT2D eigenvalue weighted by atomic mass is 16.1. The van der Waals surface area contributed by atoms with Crippen LogP contribution in [0.3, 0.4) is 0 Å². The molecule has 0 saturated carbocycles. The number of Topliss-reactive ketones (excluding diaryl/α,β-unsaturated/α-hetero) is 1. The Hall–Kier alpha value is -1.89. The van der Waals surface area contributed by atoms with Gasteiger partial charge in [-0.25, -0.2) is 0 Å². The number of carbonyl (C=O) groups is 1. The Balaban J connectivity index is 2.34. The van der Waals surface area contributed by atoms with Gasteiger partial charge < -0.3 is 0 Å². The number of hydrogen-bond acceptors (Lipinski definition) is 1. The van der Waals surface area contributed by atoms with Gasteiger partial charge in [0.1, 0.15) is 0 Å². The van der Waals surface area contributed by atoms with Crippen molar-refractivity contribution < 1.29 is 4.79 Å². The molecule has 0 aliphatic rings. The molecule has 2 rings (SSSR count). The van der Waals surface area contributed by atoms with Gasteiger partial charge in [-0.2, -0.15) is 0 Å². The molecule has 1 heteroatoms. The zero-order valence-electron chi connectivity index (χ0n) is 11.1. The smallest absolute Gasteiger partial charge is 0.165 e. The summed E-state index contributed by atoms with van der Waals surface area (Å²) < 4.78 is 0. The first kappa shape index (κ1) is 12.6. The van der Waals surface area contributed by atoms with Gasteiger partial charge in [0.25, 0.3) is 0 Å². The van der Waals surface area contributed by atoms with Crippen LogP contribution in [0, 0.1) is 12.8 Å². The molecule has 0 heterocycles. The Morgan fingerprint density at radius 1 is 0.944 bits per heavy atom. The van der Waals surface area contributed by atoms with Crippen molar-refractivity contribution in [3.05, 3.63) is 59.7 Å². The fraction of sp³-hybridized carbons (Fsp3) is 0.235. The number of ketones is 1. The predicted molar refractivity (Wildman–Crippen MR) is 75.8 cm³/mol. The minimum Gasteiger partial charge on any atom is -0.294 e. The van der Waals surface area contributed by atoms with Crippen LogP contribution < -0.4 is 0 Å². The van der Waals surface area contributed by atoms with Crippen molar-refractivity contribution in [3.8, 4) is 11.1 Å². The first-order chi connectivity index (χ1) is 8.59. The van der Waals surface area contributed by atoms with E-state index in [1.807, 2.05) is 50.2 Å². The van der Waals surface area contributed by atoms with Crippen LogP contribution in [-0.4, -0.2) is 5.78 Å². The van der Waals surface area contributed by atoms with Gasteiger partial charge in [-0.1, -0.05) is 62.4 Å². The molecule has 0 N–H and O–H groups in total. The van der Waals surface area contributed by atoms with Crippen molar-refractivity contribution in [2.75, 3.05) is 0 Å². The zero-order valence-corrected chi connectivity index (χ0v) is 11.1. The number of rotatable bonds is 3. The molecule has 0 aliphatic carbocycles. The summed E-state index contributed by atoms with van der Waals surface area (Å²) in [7, 11) is 0. The minimum absolute atomic E-state index is 0.0503. The Morgan fingerprint density at radius 2 is 1.56 bits per heavy atom. The molecular formula is C17H18O. The highest BCUT2D eigenvalue weighted by Gasteiger charge is 2.10. The summed E-state index contributed by atoms with van der Waals surface area (Å²) in [4.78, 5) is 11.9. The van der Waals surface area contributed by atoms with Crippen LogP contribution >= 0.6 is 0 Å². The van der Waals surface area contributed by atoms with E-state index in [1.54, 1.807) is 0 Å². The van der Waals surface area contributed by atoms with Crippen molar-refractivity contribution in [1.29, 1.82) is 0 Å². The summed E-state index contributed by atoms with van der Waals surface area (Å²) in [6.45, 7) is 5.96. The van der Waals surface area contributed by atoms with E-state index in [1.165, 1.54) is 11.1 Å². The van der Waals surface area contributed by atoms with E-state index in [4.69, 9.17) is 0 Å². The summed E-state index contributed by atoms with van der Waals surface area (Å²) in [6, 6.07) is 16.2. The molecule has 1 nitrogen and oxygen atoms in total. The maximum Gasteiger partial charge on any atom is 0.165 e. The van der Waals surface area contributed by atoms with Crippen LogP contribution in [0.4, 0.5) is 0 Å². The Morgan fingerprint density at radius 3 is 2.11 bits per heavy atom. The van der Waals surface area contributed by atoms with E-state index in [-0.39, 0.29) is 11.7 Å². The zero-order chi connectivity index (χ0) is 13.1. The SMILES string of the molecule is Cc1ccccc1-c1ccc(C(=O)C(C)C)cc1. The van der Waals surface area contributed by atoms with Crippen LogP contribution in [-0.2, 0) is 0 Å². The fourth-order valence-electron chi connectivity index (χ4n) is 2.04. The Kier molecular flexibility index (Phi) is 3.61. The first-order valence-electron chi connectivity index (χ1n) is 6.30. The van der Waals surface area contributed by atoms with E-state index in [2.05, 4.69) is 19.1 Å². The summed E-state index contributed by atoms with van der Waals surface area (Å²) in [5.74, 6) is 0.251. The van der Waals surface area contributed by atoms with E-state index < -0.39 is 0 Å². The molecule has 2 aromatic rings. The van der Waals surface area contributed by atoms with E-state index in [0.717, 1.165) is 11.1 Å². The lowest BCUT2D eigenvalue weighted by atomic mass is 9.96. The Bertz CT molecular complexity index is 550. The second-order valence-electron chi connectivity index (χ2n) is 4.91. The van der Waals surface area contributed by atoms with Crippen LogP contribution in [0.5, 0.6) is 0 Å². The second kappa shape index (κ2) is 5.18. The van der Waals surface area contributed by atoms with Gasteiger partial charge in [-0.3, -0.25) is 4.79 Å². The summed E-state index contributed by atoms with van der Waals surface area (Å²) in [5.41, 5.74) is 4.43. The third-order valence-corrected chi connectivity index (χ3v) is 3.15. The third-order valence-electron chi connectivity index (χ3n) is 3.15. The largest absolute Gasteiger partial charge is 0.294 e. The first-order valence-corrected chi connectivity index (χ1v) is 6.30. The predicted octanol–water partition coefficient (Wildman–Crippen LogP) is 4.50. The number of benzene rings is 2. The van der Waals surface area contributed by atoms with Gasteiger partial charge in [0, 0.05) is 11.5 Å². The number of aryl methyl sites for hydroxylation is 1. The van der Waals surface area contributed by atoms with Gasteiger partial charge in [0.05, 0.1) is 0 Å². The third kappa shape index (κ3) is 2.51. The van der Waals surface area contributed by atoms with Crippen molar-refractivity contribution in [1.82, 2.24) is 0 Å². The lowest BCUT2D eigenvalue weighted by Gasteiger charge is -2.08. The standard InChI is InChI=1S/C17H18O/c1-12(2)17(18)15-10-8-14(9-11-15)16-7-5-4-6-13(16)3/h4-12H,1-3H3. The van der Waals surface area contributed by atoms with Crippen molar-refractivity contribution in [3.63, 3.8) is 0 Å². The molecule has 0 unspecified atom stereocenters. The van der Waals surface area contributed by atoms with Gasteiger partial charge in [0.15, 0.2) is 5.78 Å². The van der Waals surface area contributed by atoms with Crippen molar-refractivity contribution in [2.45, 2.75) is 20.8 Å². The normalized spacial score (nSPS) is 10.7. The molecule has 0 radical (unpaired) electrons. The topological polar surface area (TPSA) is 17.1 Å². The molecule has 0 aromatic heterocycles. The molecule has 18 heavy (non-hydrogen) atoms. The molecule has 0 fully saturated rings. The van der Waals surface area contributed by atoms with Gasteiger partial charge >= 0.3 is 0 Å². The number of carbonyl (C=O) groups excluding carboxylic acids is 1. The van der Waals surface area contributed by atoms with Gasteiger partial charge in [0.2, 0.25) is 0 Å². The molecule has 0 atom stereocenters. The summed E-state index contributed by atoms with van der Waals surface area (Å²) in [6.07, 6.45) is 0. The average Bonchev–Trinajstić information content (AvgIpc) is 2.38. The molecule has 0 aliphatic heterocycles. The van der Waals surface area contributed by atoms with Gasteiger partial charge in [-0.05, 0) is 23.6 Å². The van der Waals surface area contributed by atoms with Crippen molar-refractivity contribution in [2.24, 2.45) is 5.92 Å². The summed E-state index contributed by atoms with van der Waals surface area (Å²) >= 11 is 0.